The van der Waals surface area contributed by atoms with Crippen LogP contribution in [0.25, 0.3) is 75.9 Å². The first kappa shape index (κ1) is 32.9. The molecular formula is C51H38N4OS. The number of furan rings is 1. The number of hydrogen-bond acceptors (Lipinski definition) is 5. The van der Waals surface area contributed by atoms with Gasteiger partial charge in [0.05, 0.1) is 35.1 Å². The molecule has 3 aromatic heterocycles. The lowest BCUT2D eigenvalue weighted by Gasteiger charge is -2.40. The molecule has 2 unspecified atom stereocenters. The summed E-state index contributed by atoms with van der Waals surface area (Å²) in [6, 6.07) is 57.0. The fourth-order valence-corrected chi connectivity index (χ4v) is 10.6. The van der Waals surface area contributed by atoms with Crippen molar-refractivity contribution in [2.45, 2.75) is 31.3 Å². The average Bonchev–Trinajstić information content (AvgIpc) is 3.96. The molecule has 0 radical (unpaired) electrons. The Morgan fingerprint density at radius 1 is 0.561 bits per heavy atom. The first-order valence-corrected chi connectivity index (χ1v) is 20.7. The number of benzene rings is 7. The maximum Gasteiger partial charge on any atom is 0.137 e. The van der Waals surface area contributed by atoms with Crippen molar-refractivity contribution in [3.05, 3.63) is 192 Å². The van der Waals surface area contributed by atoms with Crippen molar-refractivity contribution < 1.29 is 4.42 Å². The normalized spacial score (nSPS) is 18.3. The molecule has 1 aliphatic heterocycles. The summed E-state index contributed by atoms with van der Waals surface area (Å²) in [6.07, 6.45) is 6.47. The van der Waals surface area contributed by atoms with Gasteiger partial charge in [-0.1, -0.05) is 127 Å². The lowest BCUT2D eigenvalue weighted by atomic mass is 9.95. The number of nitrogens with zero attached hydrogens (tertiary/aromatic N) is 1. The van der Waals surface area contributed by atoms with Gasteiger partial charge in [0.15, 0.2) is 0 Å². The van der Waals surface area contributed by atoms with Gasteiger partial charge in [-0.3, -0.25) is 16.0 Å². The molecule has 0 bridgehead atoms. The summed E-state index contributed by atoms with van der Waals surface area (Å²) in [5, 5.41) is 17.9. The molecule has 0 saturated carbocycles. The largest absolute Gasteiger partial charge is 0.456 e. The summed E-state index contributed by atoms with van der Waals surface area (Å²) in [4.78, 5) is 0. The quantitative estimate of drug-likeness (QED) is 0.164. The highest BCUT2D eigenvalue weighted by molar-refractivity contribution is 7.25. The topological polar surface area (TPSA) is 54.2 Å². The van der Waals surface area contributed by atoms with E-state index < -0.39 is 0 Å². The molecule has 0 amide bonds. The van der Waals surface area contributed by atoms with Crippen LogP contribution in [-0.2, 0) is 6.42 Å². The van der Waals surface area contributed by atoms with Gasteiger partial charge in [0.1, 0.15) is 11.2 Å². The number of thiophene rings is 1. The maximum atomic E-state index is 6.70. The number of allylic oxidation sites excluding steroid dienone is 1. The zero-order chi connectivity index (χ0) is 37.5. The van der Waals surface area contributed by atoms with Crippen molar-refractivity contribution in [1.82, 2.24) is 20.5 Å². The number of aromatic nitrogens is 1. The van der Waals surface area contributed by atoms with Gasteiger partial charge < -0.3 is 8.98 Å². The van der Waals surface area contributed by atoms with Crippen LogP contribution in [0.2, 0.25) is 0 Å². The highest BCUT2D eigenvalue weighted by atomic mass is 32.1. The second kappa shape index (κ2) is 13.2. The molecule has 1 aliphatic carbocycles. The van der Waals surface area contributed by atoms with E-state index in [1.807, 2.05) is 11.3 Å². The summed E-state index contributed by atoms with van der Waals surface area (Å²) >= 11 is 1.86. The number of rotatable bonds is 5. The van der Waals surface area contributed by atoms with Crippen LogP contribution in [-0.4, -0.2) is 4.57 Å². The van der Waals surface area contributed by atoms with Gasteiger partial charge in [-0.2, -0.15) is 0 Å². The van der Waals surface area contributed by atoms with Crippen LogP contribution >= 0.6 is 11.3 Å². The summed E-state index contributed by atoms with van der Waals surface area (Å²) in [5.41, 5.74) is 12.9. The zero-order valence-electron chi connectivity index (χ0n) is 31.1. The Balaban J connectivity index is 1.04. The smallest absolute Gasteiger partial charge is 0.137 e. The third-order valence-corrected chi connectivity index (χ3v) is 13.1. The summed E-state index contributed by atoms with van der Waals surface area (Å²) in [6.45, 7) is 0. The van der Waals surface area contributed by atoms with Crippen molar-refractivity contribution in [3.8, 4) is 16.8 Å². The molecule has 57 heavy (non-hydrogen) atoms. The Morgan fingerprint density at radius 2 is 1.26 bits per heavy atom. The van der Waals surface area contributed by atoms with E-state index in [4.69, 9.17) is 4.42 Å². The van der Waals surface area contributed by atoms with Crippen LogP contribution in [0.5, 0.6) is 0 Å². The molecule has 10 aromatic rings. The Kier molecular flexibility index (Phi) is 7.60. The van der Waals surface area contributed by atoms with Crippen molar-refractivity contribution in [3.63, 3.8) is 0 Å². The van der Waals surface area contributed by atoms with E-state index >= 15 is 0 Å². The fourth-order valence-electron chi connectivity index (χ4n) is 9.48. The van der Waals surface area contributed by atoms with E-state index in [-0.39, 0.29) is 18.5 Å². The maximum absolute atomic E-state index is 6.70. The lowest BCUT2D eigenvalue weighted by Crippen LogP contribution is -2.54. The molecular weight excluding hydrogens is 717 g/mol. The standard InChI is InChI=1S/C51H38N4OS/c1-3-14-31(15-4-1)49-52-50(32-16-5-2-6-17-32)54-51(53-49)37-21-12-27-45-46(37)38-30-33(28-29-44(38)57-45)34-20-11-25-42-47(34)48-41(24-13-26-43(48)56-42)55-39-22-9-7-18-35(39)36-19-8-10-23-40(36)55/h1-9,11-22,24-30,49-54H,10,23H2. The Hall–Kier alpha value is -6.28. The first-order valence-electron chi connectivity index (χ1n) is 19.8. The molecule has 12 rings (SSSR count). The van der Waals surface area contributed by atoms with Crippen LogP contribution in [0.1, 0.15) is 52.9 Å². The van der Waals surface area contributed by atoms with Crippen molar-refractivity contribution in [2.75, 3.05) is 0 Å². The molecule has 2 aliphatic rings. The summed E-state index contributed by atoms with van der Waals surface area (Å²) < 4.78 is 11.7. The van der Waals surface area contributed by atoms with Crippen LogP contribution in [0.15, 0.2) is 168 Å². The SMILES string of the molecule is C1=Cc2c(n(-c3cccc4oc5cccc(-c6ccc7sc8cccc(C9NC(c%10ccccc%10)NC(c%10ccccc%10)N9)c8c7c6)c5c34)c3ccccc23)CC1. The number of fused-ring (bicyclic) bond motifs is 9. The second-order valence-electron chi connectivity index (χ2n) is 15.2. The molecule has 4 heterocycles. The van der Waals surface area contributed by atoms with E-state index in [9.17, 15) is 0 Å². The predicted molar refractivity (Wildman–Crippen MR) is 237 cm³/mol. The second-order valence-corrected chi connectivity index (χ2v) is 16.3. The molecule has 2 atom stereocenters. The minimum Gasteiger partial charge on any atom is -0.456 e. The Bertz CT molecular complexity index is 3150. The van der Waals surface area contributed by atoms with Gasteiger partial charge in [-0.25, -0.2) is 0 Å². The van der Waals surface area contributed by atoms with Crippen molar-refractivity contribution >= 4 is 70.4 Å². The molecule has 7 aromatic carbocycles. The van der Waals surface area contributed by atoms with Crippen LogP contribution < -0.4 is 16.0 Å². The van der Waals surface area contributed by atoms with Crippen molar-refractivity contribution in [1.29, 1.82) is 0 Å². The molecule has 5 nitrogen and oxygen atoms in total. The van der Waals surface area contributed by atoms with E-state index in [1.54, 1.807) is 0 Å². The number of hydrogen-bond donors (Lipinski definition) is 3. The third kappa shape index (κ3) is 5.26. The first-order chi connectivity index (χ1) is 28.3. The van der Waals surface area contributed by atoms with Crippen molar-refractivity contribution in [2.24, 2.45) is 0 Å². The molecule has 6 heteroatoms. The van der Waals surface area contributed by atoms with E-state index in [1.165, 1.54) is 75.8 Å². The fraction of sp³-hybridized carbons (Fsp3) is 0.0980. The lowest BCUT2D eigenvalue weighted by molar-refractivity contribution is 0.204. The van der Waals surface area contributed by atoms with E-state index in [0.29, 0.717) is 0 Å². The molecule has 0 spiro atoms. The zero-order valence-corrected chi connectivity index (χ0v) is 31.9. The van der Waals surface area contributed by atoms with E-state index in [2.05, 4.69) is 190 Å². The van der Waals surface area contributed by atoms with E-state index in [0.717, 1.165) is 34.8 Å². The molecule has 274 valence electrons. The van der Waals surface area contributed by atoms with Crippen LogP contribution in [0.4, 0.5) is 0 Å². The van der Waals surface area contributed by atoms with Gasteiger partial charge in [0.2, 0.25) is 0 Å². The van der Waals surface area contributed by atoms with Crippen LogP contribution in [0.3, 0.4) is 0 Å². The van der Waals surface area contributed by atoms with Gasteiger partial charge >= 0.3 is 0 Å². The van der Waals surface area contributed by atoms with Gasteiger partial charge in [0, 0.05) is 42.2 Å². The molecule has 1 fully saturated rings. The van der Waals surface area contributed by atoms with Crippen LogP contribution in [0, 0.1) is 0 Å². The minimum absolute atomic E-state index is 0.0430. The monoisotopic (exact) mass is 754 g/mol. The average molecular weight is 755 g/mol. The Labute approximate surface area is 333 Å². The molecule has 3 N–H and O–H groups in total. The number of para-hydroxylation sites is 1. The van der Waals surface area contributed by atoms with Gasteiger partial charge in [-0.05, 0) is 83.1 Å². The summed E-state index contributed by atoms with van der Waals surface area (Å²) in [5.74, 6) is 0. The highest BCUT2D eigenvalue weighted by Gasteiger charge is 2.31. The third-order valence-electron chi connectivity index (χ3n) is 12.0. The Morgan fingerprint density at radius 3 is 2.07 bits per heavy atom. The summed E-state index contributed by atoms with van der Waals surface area (Å²) in [7, 11) is 0. The number of nitrogens with one attached hydrogen (secondary N) is 3. The van der Waals surface area contributed by atoms with Gasteiger partial charge in [-0.15, -0.1) is 11.3 Å². The molecule has 1 saturated heterocycles. The van der Waals surface area contributed by atoms with Gasteiger partial charge in [0.25, 0.3) is 0 Å². The highest BCUT2D eigenvalue weighted by Crippen LogP contribution is 2.45. The predicted octanol–water partition coefficient (Wildman–Crippen LogP) is 12.7. The minimum atomic E-state index is -0.104.